The summed E-state index contributed by atoms with van der Waals surface area (Å²) in [6.07, 6.45) is 3.48. The molecule has 0 aliphatic carbocycles. The van der Waals surface area contributed by atoms with Gasteiger partial charge in [-0.25, -0.2) is 0 Å². The average Bonchev–Trinajstić information content (AvgIpc) is 2.38. The van der Waals surface area contributed by atoms with E-state index in [1.165, 1.54) is 0 Å². The van der Waals surface area contributed by atoms with Gasteiger partial charge in [0.2, 0.25) is 0 Å². The number of pyridine rings is 1. The van der Waals surface area contributed by atoms with Crippen LogP contribution in [-0.4, -0.2) is 29.9 Å². The molecule has 3 nitrogen and oxygen atoms in total. The monoisotopic (exact) mass is 304 g/mol. The first kappa shape index (κ1) is 12.8. The fraction of sp³-hybridized carbons (Fsp3) is 0.143. The van der Waals surface area contributed by atoms with Crippen molar-refractivity contribution in [2.75, 3.05) is 14.1 Å². The van der Waals surface area contributed by atoms with Gasteiger partial charge in [-0.1, -0.05) is 18.2 Å². The fourth-order valence-electron chi connectivity index (χ4n) is 1.72. The highest BCUT2D eigenvalue weighted by Gasteiger charge is 2.14. The van der Waals surface area contributed by atoms with Crippen molar-refractivity contribution < 1.29 is 4.79 Å². The number of aromatic nitrogens is 1. The van der Waals surface area contributed by atoms with Crippen LogP contribution in [0.2, 0.25) is 0 Å². The van der Waals surface area contributed by atoms with Crippen LogP contribution in [0.15, 0.2) is 47.2 Å². The number of benzene rings is 1. The number of carbonyl (C=O) groups excluding carboxylic acids is 1. The highest BCUT2D eigenvalue weighted by atomic mass is 79.9. The van der Waals surface area contributed by atoms with E-state index in [9.17, 15) is 4.79 Å². The Bertz CT molecular complexity index is 582. The SMILES string of the molecule is CN(C)C(=O)c1ccccc1-c1cncc(Br)c1. The molecule has 0 unspecified atom stereocenters. The minimum Gasteiger partial charge on any atom is -0.345 e. The van der Waals surface area contributed by atoms with Crippen molar-refractivity contribution in [1.29, 1.82) is 0 Å². The number of hydrogen-bond acceptors (Lipinski definition) is 2. The summed E-state index contributed by atoms with van der Waals surface area (Å²) in [6.45, 7) is 0. The molecule has 1 amide bonds. The third-order valence-electron chi connectivity index (χ3n) is 2.58. The zero-order valence-corrected chi connectivity index (χ0v) is 11.8. The number of nitrogens with zero attached hydrogens (tertiary/aromatic N) is 2. The summed E-state index contributed by atoms with van der Waals surface area (Å²) in [5.41, 5.74) is 2.50. The van der Waals surface area contributed by atoms with E-state index < -0.39 is 0 Å². The van der Waals surface area contributed by atoms with Gasteiger partial charge < -0.3 is 4.90 Å². The Balaban J connectivity index is 2.55. The molecule has 0 fully saturated rings. The van der Waals surface area contributed by atoms with E-state index in [0.29, 0.717) is 5.56 Å². The van der Waals surface area contributed by atoms with Crippen molar-refractivity contribution in [3.8, 4) is 11.1 Å². The lowest BCUT2D eigenvalue weighted by Crippen LogP contribution is -2.22. The lowest BCUT2D eigenvalue weighted by Gasteiger charge is -2.14. The first-order valence-electron chi connectivity index (χ1n) is 5.51. The standard InChI is InChI=1S/C14H13BrN2O/c1-17(2)14(18)13-6-4-3-5-12(13)10-7-11(15)9-16-8-10/h3-9H,1-2H3. The number of halogens is 1. The van der Waals surface area contributed by atoms with Crippen LogP contribution in [0.5, 0.6) is 0 Å². The smallest absolute Gasteiger partial charge is 0.253 e. The van der Waals surface area contributed by atoms with Gasteiger partial charge >= 0.3 is 0 Å². The van der Waals surface area contributed by atoms with Gasteiger partial charge in [0, 0.05) is 42.1 Å². The molecule has 0 bridgehead atoms. The van der Waals surface area contributed by atoms with Crippen molar-refractivity contribution in [2.45, 2.75) is 0 Å². The van der Waals surface area contributed by atoms with Crippen LogP contribution in [0.1, 0.15) is 10.4 Å². The Hall–Kier alpha value is -1.68. The molecule has 1 aromatic carbocycles. The van der Waals surface area contributed by atoms with E-state index in [1.54, 1.807) is 31.4 Å². The molecule has 0 atom stereocenters. The molecule has 0 spiro atoms. The minimum atomic E-state index is -0.00873. The molecule has 0 N–H and O–H groups in total. The van der Waals surface area contributed by atoms with Gasteiger partial charge in [-0.3, -0.25) is 9.78 Å². The summed E-state index contributed by atoms with van der Waals surface area (Å²) >= 11 is 3.39. The van der Waals surface area contributed by atoms with Gasteiger partial charge in [-0.2, -0.15) is 0 Å². The highest BCUT2D eigenvalue weighted by Crippen LogP contribution is 2.25. The summed E-state index contributed by atoms with van der Waals surface area (Å²) in [5.74, 6) is -0.00873. The van der Waals surface area contributed by atoms with E-state index in [-0.39, 0.29) is 5.91 Å². The highest BCUT2D eigenvalue weighted by molar-refractivity contribution is 9.10. The second-order valence-electron chi connectivity index (χ2n) is 4.14. The Morgan fingerprint density at radius 2 is 1.94 bits per heavy atom. The molecule has 0 radical (unpaired) electrons. The first-order chi connectivity index (χ1) is 8.59. The molecule has 0 aliphatic rings. The molecule has 0 saturated heterocycles. The molecule has 1 aromatic heterocycles. The number of amides is 1. The summed E-state index contributed by atoms with van der Waals surface area (Å²) < 4.78 is 0.895. The number of hydrogen-bond donors (Lipinski definition) is 0. The Morgan fingerprint density at radius 1 is 1.22 bits per heavy atom. The second kappa shape index (κ2) is 5.31. The van der Waals surface area contributed by atoms with Crippen LogP contribution in [-0.2, 0) is 0 Å². The summed E-state index contributed by atoms with van der Waals surface area (Å²) in [4.78, 5) is 17.8. The van der Waals surface area contributed by atoms with Crippen LogP contribution < -0.4 is 0 Å². The van der Waals surface area contributed by atoms with Crippen LogP contribution in [0.25, 0.3) is 11.1 Å². The van der Waals surface area contributed by atoms with Gasteiger partial charge in [0.05, 0.1) is 0 Å². The van der Waals surface area contributed by atoms with E-state index in [2.05, 4.69) is 20.9 Å². The molecule has 92 valence electrons. The van der Waals surface area contributed by atoms with Gasteiger partial charge in [-0.05, 0) is 33.6 Å². The molecular weight excluding hydrogens is 292 g/mol. The van der Waals surface area contributed by atoms with E-state index in [4.69, 9.17) is 0 Å². The maximum Gasteiger partial charge on any atom is 0.253 e. The maximum atomic E-state index is 12.1. The lowest BCUT2D eigenvalue weighted by molar-refractivity contribution is 0.0828. The molecule has 0 aliphatic heterocycles. The third kappa shape index (κ3) is 2.59. The van der Waals surface area contributed by atoms with Crippen LogP contribution in [0, 0.1) is 0 Å². The minimum absolute atomic E-state index is 0.00873. The van der Waals surface area contributed by atoms with Gasteiger partial charge in [0.25, 0.3) is 5.91 Å². The van der Waals surface area contributed by atoms with Crippen LogP contribution in [0.4, 0.5) is 0 Å². The number of carbonyl (C=O) groups is 1. The quantitative estimate of drug-likeness (QED) is 0.853. The average molecular weight is 305 g/mol. The van der Waals surface area contributed by atoms with Crippen LogP contribution >= 0.6 is 15.9 Å². The van der Waals surface area contributed by atoms with Gasteiger partial charge in [0.15, 0.2) is 0 Å². The lowest BCUT2D eigenvalue weighted by atomic mass is 10.0. The summed E-state index contributed by atoms with van der Waals surface area (Å²) in [5, 5.41) is 0. The molecule has 1 heterocycles. The number of rotatable bonds is 2. The Morgan fingerprint density at radius 3 is 2.61 bits per heavy atom. The van der Waals surface area contributed by atoms with Gasteiger partial charge in [-0.15, -0.1) is 0 Å². The van der Waals surface area contributed by atoms with Crippen molar-refractivity contribution in [1.82, 2.24) is 9.88 Å². The van der Waals surface area contributed by atoms with E-state index in [1.807, 2.05) is 30.3 Å². The van der Waals surface area contributed by atoms with E-state index in [0.717, 1.165) is 15.6 Å². The summed E-state index contributed by atoms with van der Waals surface area (Å²) in [6, 6.07) is 9.50. The molecule has 4 heteroatoms. The molecule has 2 rings (SSSR count). The second-order valence-corrected chi connectivity index (χ2v) is 5.05. The fourth-order valence-corrected chi connectivity index (χ4v) is 2.09. The van der Waals surface area contributed by atoms with Crippen LogP contribution in [0.3, 0.4) is 0 Å². The largest absolute Gasteiger partial charge is 0.345 e. The molecule has 18 heavy (non-hydrogen) atoms. The van der Waals surface area contributed by atoms with Crippen molar-refractivity contribution in [2.24, 2.45) is 0 Å². The Kier molecular flexibility index (Phi) is 3.77. The normalized spacial score (nSPS) is 10.2. The zero-order valence-electron chi connectivity index (χ0n) is 10.2. The molecular formula is C14H13BrN2O. The van der Waals surface area contributed by atoms with Crippen molar-refractivity contribution >= 4 is 21.8 Å². The molecule has 0 saturated carbocycles. The first-order valence-corrected chi connectivity index (χ1v) is 6.30. The van der Waals surface area contributed by atoms with E-state index >= 15 is 0 Å². The zero-order chi connectivity index (χ0) is 13.1. The van der Waals surface area contributed by atoms with Crippen molar-refractivity contribution in [3.63, 3.8) is 0 Å². The predicted molar refractivity (Wildman–Crippen MR) is 75.4 cm³/mol. The maximum absolute atomic E-state index is 12.1. The van der Waals surface area contributed by atoms with Gasteiger partial charge in [0.1, 0.15) is 0 Å². The Labute approximate surface area is 115 Å². The van der Waals surface area contributed by atoms with Crippen molar-refractivity contribution in [3.05, 3.63) is 52.8 Å². The summed E-state index contributed by atoms with van der Waals surface area (Å²) in [7, 11) is 3.50. The third-order valence-corrected chi connectivity index (χ3v) is 3.01. The topological polar surface area (TPSA) is 33.2 Å². The predicted octanol–water partition coefficient (Wildman–Crippen LogP) is 3.21. The molecule has 2 aromatic rings.